The van der Waals surface area contributed by atoms with Gasteiger partial charge in [0.2, 0.25) is 5.95 Å². The van der Waals surface area contributed by atoms with Gasteiger partial charge in [-0.25, -0.2) is 9.97 Å². The van der Waals surface area contributed by atoms with Crippen LogP contribution in [0.25, 0.3) is 0 Å². The average molecular weight is 222 g/mol. The molecule has 0 atom stereocenters. The lowest BCUT2D eigenvalue weighted by atomic mass is 10.2. The largest absolute Gasteiger partial charge is 0.344 e. The Hall–Kier alpha value is -1.16. The number of hydrogen-bond acceptors (Lipinski definition) is 4. The Bertz CT molecular complexity index is 294. The summed E-state index contributed by atoms with van der Waals surface area (Å²) in [6, 6.07) is 0. The highest BCUT2D eigenvalue weighted by atomic mass is 15.2. The molecule has 1 aromatic heterocycles. The number of hydrogen-bond donors (Lipinski definition) is 1. The van der Waals surface area contributed by atoms with Gasteiger partial charge in [0.1, 0.15) is 0 Å². The van der Waals surface area contributed by atoms with E-state index in [1.165, 1.54) is 0 Å². The fourth-order valence-corrected chi connectivity index (χ4v) is 1.54. The van der Waals surface area contributed by atoms with E-state index in [0.29, 0.717) is 5.92 Å². The first-order valence-corrected chi connectivity index (χ1v) is 5.86. The van der Waals surface area contributed by atoms with E-state index in [0.717, 1.165) is 31.1 Å². The van der Waals surface area contributed by atoms with Gasteiger partial charge in [0.15, 0.2) is 0 Å². The van der Waals surface area contributed by atoms with Gasteiger partial charge in [0.05, 0.1) is 0 Å². The first kappa shape index (κ1) is 12.9. The van der Waals surface area contributed by atoms with Crippen LogP contribution < -0.4 is 10.2 Å². The van der Waals surface area contributed by atoms with Gasteiger partial charge in [-0.3, -0.25) is 0 Å². The molecule has 4 nitrogen and oxygen atoms in total. The van der Waals surface area contributed by atoms with Crippen molar-refractivity contribution >= 4 is 5.95 Å². The van der Waals surface area contributed by atoms with E-state index in [1.807, 2.05) is 19.4 Å². The zero-order valence-electron chi connectivity index (χ0n) is 10.7. The van der Waals surface area contributed by atoms with Crippen LogP contribution in [0.4, 0.5) is 5.95 Å². The van der Waals surface area contributed by atoms with Crippen molar-refractivity contribution in [3.05, 3.63) is 18.0 Å². The van der Waals surface area contributed by atoms with Gasteiger partial charge in [-0.15, -0.1) is 0 Å². The van der Waals surface area contributed by atoms with Crippen molar-refractivity contribution < 1.29 is 0 Å². The summed E-state index contributed by atoms with van der Waals surface area (Å²) in [6.45, 7) is 9.25. The summed E-state index contributed by atoms with van der Waals surface area (Å²) in [4.78, 5) is 10.8. The second-order valence-electron chi connectivity index (χ2n) is 4.45. The number of anilines is 1. The molecule has 0 amide bonds. The van der Waals surface area contributed by atoms with Gasteiger partial charge in [-0.05, 0) is 12.5 Å². The van der Waals surface area contributed by atoms with Crippen LogP contribution in [0, 0.1) is 5.92 Å². The quantitative estimate of drug-likeness (QED) is 0.795. The normalized spacial score (nSPS) is 10.8. The van der Waals surface area contributed by atoms with Crippen LogP contribution in [0.1, 0.15) is 26.3 Å². The van der Waals surface area contributed by atoms with Crippen molar-refractivity contribution in [2.45, 2.75) is 27.3 Å². The van der Waals surface area contributed by atoms with E-state index in [9.17, 15) is 0 Å². The minimum Gasteiger partial charge on any atom is -0.344 e. The SMILES string of the molecule is CCNCc1cnc(N(C)CC(C)C)nc1. The van der Waals surface area contributed by atoms with Crippen molar-refractivity contribution in [2.24, 2.45) is 5.92 Å². The lowest BCUT2D eigenvalue weighted by molar-refractivity contribution is 0.629. The second kappa shape index (κ2) is 6.43. The Kier molecular flexibility index (Phi) is 5.19. The molecule has 90 valence electrons. The molecule has 0 radical (unpaired) electrons. The van der Waals surface area contributed by atoms with E-state index in [-0.39, 0.29) is 0 Å². The lowest BCUT2D eigenvalue weighted by Crippen LogP contribution is -2.24. The fraction of sp³-hybridized carbons (Fsp3) is 0.667. The predicted molar refractivity (Wildman–Crippen MR) is 67.5 cm³/mol. The van der Waals surface area contributed by atoms with Gasteiger partial charge < -0.3 is 10.2 Å². The summed E-state index contributed by atoms with van der Waals surface area (Å²) < 4.78 is 0. The zero-order valence-corrected chi connectivity index (χ0v) is 10.7. The Morgan fingerprint density at radius 3 is 2.44 bits per heavy atom. The highest BCUT2D eigenvalue weighted by Gasteiger charge is 2.05. The minimum atomic E-state index is 0.620. The molecular weight excluding hydrogens is 200 g/mol. The molecule has 0 aliphatic carbocycles. The molecule has 1 aromatic rings. The fourth-order valence-electron chi connectivity index (χ4n) is 1.54. The van der Waals surface area contributed by atoms with E-state index in [2.05, 4.69) is 41.0 Å². The number of aromatic nitrogens is 2. The van der Waals surface area contributed by atoms with Crippen LogP contribution in [0.5, 0.6) is 0 Å². The molecule has 1 rings (SSSR count). The van der Waals surface area contributed by atoms with Crippen molar-refractivity contribution in [2.75, 3.05) is 25.0 Å². The summed E-state index contributed by atoms with van der Waals surface area (Å²) in [5.74, 6) is 1.42. The number of rotatable bonds is 6. The van der Waals surface area contributed by atoms with Crippen LogP contribution >= 0.6 is 0 Å². The van der Waals surface area contributed by atoms with E-state index in [4.69, 9.17) is 0 Å². The van der Waals surface area contributed by atoms with Gasteiger partial charge >= 0.3 is 0 Å². The molecule has 0 bridgehead atoms. The Morgan fingerprint density at radius 2 is 1.94 bits per heavy atom. The third-order valence-electron chi connectivity index (χ3n) is 2.25. The number of nitrogens with one attached hydrogen (secondary N) is 1. The van der Waals surface area contributed by atoms with Crippen molar-refractivity contribution in [1.82, 2.24) is 15.3 Å². The van der Waals surface area contributed by atoms with Gasteiger partial charge in [-0.1, -0.05) is 20.8 Å². The molecule has 4 heteroatoms. The predicted octanol–water partition coefficient (Wildman–Crippen LogP) is 1.68. The lowest BCUT2D eigenvalue weighted by Gasteiger charge is -2.19. The maximum atomic E-state index is 4.36. The molecule has 1 heterocycles. The maximum Gasteiger partial charge on any atom is 0.225 e. The van der Waals surface area contributed by atoms with E-state index >= 15 is 0 Å². The van der Waals surface area contributed by atoms with Crippen LogP contribution in [0.2, 0.25) is 0 Å². The van der Waals surface area contributed by atoms with Crippen LogP contribution in [0.3, 0.4) is 0 Å². The Morgan fingerprint density at radius 1 is 1.31 bits per heavy atom. The smallest absolute Gasteiger partial charge is 0.225 e. The molecule has 0 aromatic carbocycles. The van der Waals surface area contributed by atoms with Crippen molar-refractivity contribution in [3.8, 4) is 0 Å². The molecule has 0 fully saturated rings. The number of nitrogens with zero attached hydrogens (tertiary/aromatic N) is 3. The third-order valence-corrected chi connectivity index (χ3v) is 2.25. The van der Waals surface area contributed by atoms with Crippen LogP contribution in [0.15, 0.2) is 12.4 Å². The maximum absolute atomic E-state index is 4.36. The minimum absolute atomic E-state index is 0.620. The molecule has 0 saturated heterocycles. The van der Waals surface area contributed by atoms with Gasteiger partial charge in [-0.2, -0.15) is 0 Å². The summed E-state index contributed by atoms with van der Waals surface area (Å²) >= 11 is 0. The van der Waals surface area contributed by atoms with Gasteiger partial charge in [0.25, 0.3) is 0 Å². The standard InChI is InChI=1S/C12H22N4/c1-5-13-6-11-7-14-12(15-8-11)16(4)9-10(2)3/h7-8,10,13H,5-6,9H2,1-4H3. The molecule has 16 heavy (non-hydrogen) atoms. The second-order valence-corrected chi connectivity index (χ2v) is 4.45. The first-order chi connectivity index (χ1) is 7.63. The molecule has 1 N–H and O–H groups in total. The monoisotopic (exact) mass is 222 g/mol. The average Bonchev–Trinajstić information content (AvgIpc) is 2.26. The topological polar surface area (TPSA) is 41.1 Å². The van der Waals surface area contributed by atoms with E-state index < -0.39 is 0 Å². The highest BCUT2D eigenvalue weighted by Crippen LogP contribution is 2.07. The Balaban J connectivity index is 2.56. The van der Waals surface area contributed by atoms with Crippen LogP contribution in [-0.4, -0.2) is 30.1 Å². The van der Waals surface area contributed by atoms with Crippen LogP contribution in [-0.2, 0) is 6.54 Å². The highest BCUT2D eigenvalue weighted by molar-refractivity contribution is 5.28. The molecular formula is C12H22N4. The summed E-state index contributed by atoms with van der Waals surface area (Å²) in [5, 5.41) is 3.25. The molecule has 0 aliphatic heterocycles. The molecule has 0 saturated carbocycles. The van der Waals surface area contributed by atoms with Crippen molar-refractivity contribution in [1.29, 1.82) is 0 Å². The summed E-state index contributed by atoms with van der Waals surface area (Å²) in [7, 11) is 2.03. The third kappa shape index (κ3) is 4.14. The van der Waals surface area contributed by atoms with E-state index in [1.54, 1.807) is 0 Å². The molecule has 0 aliphatic rings. The van der Waals surface area contributed by atoms with Gasteiger partial charge in [0, 0.05) is 38.1 Å². The van der Waals surface area contributed by atoms with Crippen molar-refractivity contribution in [3.63, 3.8) is 0 Å². The summed E-state index contributed by atoms with van der Waals surface area (Å²) in [5.41, 5.74) is 1.13. The summed E-state index contributed by atoms with van der Waals surface area (Å²) in [6.07, 6.45) is 3.78. The Labute approximate surface area is 98.1 Å². The molecule has 0 unspecified atom stereocenters. The first-order valence-electron chi connectivity index (χ1n) is 5.86. The molecule has 0 spiro atoms. The zero-order chi connectivity index (χ0) is 12.0.